The Kier molecular flexibility index (Phi) is 6.94. The first-order valence-electron chi connectivity index (χ1n) is 8.68. The lowest BCUT2D eigenvalue weighted by atomic mass is 10.1. The van der Waals surface area contributed by atoms with E-state index in [-0.39, 0.29) is 17.3 Å². The van der Waals surface area contributed by atoms with Gasteiger partial charge in [-0.15, -0.1) is 0 Å². The van der Waals surface area contributed by atoms with E-state index in [2.05, 4.69) is 10.0 Å². The molecular formula is C20H26N2O3S. The molecule has 0 unspecified atom stereocenters. The molecule has 0 bridgehead atoms. The van der Waals surface area contributed by atoms with Crippen molar-refractivity contribution >= 4 is 15.9 Å². The lowest BCUT2D eigenvalue weighted by molar-refractivity contribution is -0.119. The van der Waals surface area contributed by atoms with Crippen LogP contribution in [0.1, 0.15) is 28.7 Å². The summed E-state index contributed by atoms with van der Waals surface area (Å²) in [7, 11) is -3.72. The van der Waals surface area contributed by atoms with E-state index in [0.717, 1.165) is 18.4 Å². The van der Waals surface area contributed by atoms with Crippen LogP contribution < -0.4 is 10.0 Å². The highest BCUT2D eigenvalue weighted by molar-refractivity contribution is 7.89. The molecule has 1 amide bonds. The number of sulfonamides is 1. The summed E-state index contributed by atoms with van der Waals surface area (Å²) in [6, 6.07) is 13.7. The van der Waals surface area contributed by atoms with Crippen LogP contribution in [0, 0.1) is 20.8 Å². The maximum atomic E-state index is 12.5. The van der Waals surface area contributed by atoms with E-state index in [1.54, 1.807) is 13.8 Å². The summed E-state index contributed by atoms with van der Waals surface area (Å²) < 4.78 is 27.4. The molecule has 0 fully saturated rings. The van der Waals surface area contributed by atoms with E-state index in [1.165, 1.54) is 5.56 Å². The fraction of sp³-hybridized carbons (Fsp3) is 0.350. The molecule has 0 radical (unpaired) electrons. The molecule has 26 heavy (non-hydrogen) atoms. The van der Waals surface area contributed by atoms with Crippen molar-refractivity contribution in [2.45, 2.75) is 38.5 Å². The van der Waals surface area contributed by atoms with Crippen molar-refractivity contribution in [3.8, 4) is 0 Å². The van der Waals surface area contributed by atoms with E-state index < -0.39 is 10.0 Å². The molecule has 6 heteroatoms. The highest BCUT2D eigenvalue weighted by Gasteiger charge is 2.20. The predicted molar refractivity (Wildman–Crippen MR) is 104 cm³/mol. The monoisotopic (exact) mass is 374 g/mol. The van der Waals surface area contributed by atoms with Gasteiger partial charge in [-0.25, -0.2) is 13.1 Å². The summed E-state index contributed by atoms with van der Waals surface area (Å²) in [4.78, 5) is 12.2. The van der Waals surface area contributed by atoms with Gasteiger partial charge >= 0.3 is 0 Å². The second-order valence-corrected chi connectivity index (χ2v) is 8.20. The molecule has 0 heterocycles. The van der Waals surface area contributed by atoms with Gasteiger partial charge in [-0.3, -0.25) is 4.79 Å². The third-order valence-corrected chi connectivity index (χ3v) is 5.81. The first-order valence-corrected chi connectivity index (χ1v) is 10.2. The molecule has 0 atom stereocenters. The topological polar surface area (TPSA) is 75.3 Å². The molecule has 2 aromatic carbocycles. The highest BCUT2D eigenvalue weighted by atomic mass is 32.2. The largest absolute Gasteiger partial charge is 0.355 e. The molecule has 0 aliphatic rings. The fourth-order valence-electron chi connectivity index (χ4n) is 3.05. The number of rotatable bonds is 8. The van der Waals surface area contributed by atoms with Crippen LogP contribution in [0.4, 0.5) is 0 Å². The zero-order valence-electron chi connectivity index (χ0n) is 15.5. The van der Waals surface area contributed by atoms with Crippen LogP contribution in [0.25, 0.3) is 0 Å². The molecule has 0 spiro atoms. The zero-order chi connectivity index (χ0) is 19.2. The normalized spacial score (nSPS) is 11.3. The number of carbonyl (C=O) groups is 1. The summed E-state index contributed by atoms with van der Waals surface area (Å²) in [6.07, 6.45) is 1.67. The molecule has 2 rings (SSSR count). The zero-order valence-corrected chi connectivity index (χ0v) is 16.3. The van der Waals surface area contributed by atoms with Crippen molar-refractivity contribution < 1.29 is 13.2 Å². The predicted octanol–water partition coefficient (Wildman–Crippen LogP) is 2.64. The van der Waals surface area contributed by atoms with Crippen LogP contribution in [0.3, 0.4) is 0 Å². The molecule has 0 saturated heterocycles. The molecule has 2 N–H and O–H groups in total. The van der Waals surface area contributed by atoms with Crippen LogP contribution in [0.2, 0.25) is 0 Å². The average Bonchev–Trinajstić information content (AvgIpc) is 2.57. The third-order valence-electron chi connectivity index (χ3n) is 4.10. The van der Waals surface area contributed by atoms with Gasteiger partial charge in [0.15, 0.2) is 0 Å². The minimum absolute atomic E-state index is 0.250. The van der Waals surface area contributed by atoms with E-state index in [1.807, 2.05) is 49.4 Å². The van der Waals surface area contributed by atoms with E-state index in [4.69, 9.17) is 0 Å². The van der Waals surface area contributed by atoms with Gasteiger partial charge in [0.25, 0.3) is 0 Å². The number of hydrogen-bond donors (Lipinski definition) is 2. The Bertz CT molecular complexity index is 839. The summed E-state index contributed by atoms with van der Waals surface area (Å²) in [6.45, 7) is 5.70. The summed E-state index contributed by atoms with van der Waals surface area (Å²) in [5, 5.41) is 2.75. The first kappa shape index (κ1) is 20.1. The van der Waals surface area contributed by atoms with Crippen molar-refractivity contribution in [3.05, 3.63) is 64.7 Å². The molecule has 2 aromatic rings. The summed E-state index contributed by atoms with van der Waals surface area (Å²) in [5.41, 5.74) is 3.58. The number of carbonyl (C=O) groups excluding carboxylic acids is 1. The second-order valence-electron chi connectivity index (χ2n) is 6.49. The Balaban J connectivity index is 1.83. The SMILES string of the molecule is Cc1cc(C)c(S(=O)(=O)NCC(=O)NCCCc2ccccc2)c(C)c1. The molecule has 5 nitrogen and oxygen atoms in total. The van der Waals surface area contributed by atoms with Gasteiger partial charge in [0, 0.05) is 6.54 Å². The highest BCUT2D eigenvalue weighted by Crippen LogP contribution is 2.21. The molecule has 0 aromatic heterocycles. The molecule has 0 saturated carbocycles. The maximum absolute atomic E-state index is 12.5. The number of nitrogens with one attached hydrogen (secondary N) is 2. The number of aryl methyl sites for hydroxylation is 4. The van der Waals surface area contributed by atoms with Gasteiger partial charge in [0.1, 0.15) is 0 Å². The Morgan fingerprint density at radius 1 is 1.00 bits per heavy atom. The third kappa shape index (κ3) is 5.68. The number of amides is 1. The lowest BCUT2D eigenvalue weighted by Gasteiger charge is -2.13. The molecule has 140 valence electrons. The van der Waals surface area contributed by atoms with Gasteiger partial charge in [-0.1, -0.05) is 48.0 Å². The van der Waals surface area contributed by atoms with Gasteiger partial charge < -0.3 is 5.32 Å². The van der Waals surface area contributed by atoms with E-state index in [9.17, 15) is 13.2 Å². The number of hydrogen-bond acceptors (Lipinski definition) is 3. The molecule has 0 aliphatic heterocycles. The summed E-state index contributed by atoms with van der Waals surface area (Å²) in [5.74, 6) is -0.330. The Morgan fingerprint density at radius 2 is 1.62 bits per heavy atom. The smallest absolute Gasteiger partial charge is 0.241 e. The number of benzene rings is 2. The van der Waals surface area contributed by atoms with Gasteiger partial charge in [-0.2, -0.15) is 0 Å². The minimum Gasteiger partial charge on any atom is -0.355 e. The van der Waals surface area contributed by atoms with Gasteiger partial charge in [0.05, 0.1) is 11.4 Å². The van der Waals surface area contributed by atoms with E-state index >= 15 is 0 Å². The maximum Gasteiger partial charge on any atom is 0.241 e. The van der Waals surface area contributed by atoms with Crippen molar-refractivity contribution in [1.82, 2.24) is 10.0 Å². The Hall–Kier alpha value is -2.18. The minimum atomic E-state index is -3.72. The molecular weight excluding hydrogens is 348 g/mol. The Labute approximate surface area is 155 Å². The van der Waals surface area contributed by atoms with Crippen molar-refractivity contribution in [2.24, 2.45) is 0 Å². The average molecular weight is 375 g/mol. The second kappa shape index (κ2) is 8.96. The summed E-state index contributed by atoms with van der Waals surface area (Å²) >= 11 is 0. The van der Waals surface area contributed by atoms with E-state index in [0.29, 0.717) is 17.7 Å². The van der Waals surface area contributed by atoms with Crippen LogP contribution in [0.15, 0.2) is 47.4 Å². The standard InChI is InChI=1S/C20H26N2O3S/c1-15-12-16(2)20(17(3)13-15)26(24,25)22-14-19(23)21-11-7-10-18-8-5-4-6-9-18/h4-6,8-9,12-13,22H,7,10-11,14H2,1-3H3,(H,21,23). The van der Waals surface area contributed by atoms with Crippen LogP contribution >= 0.6 is 0 Å². The molecule has 0 aliphatic carbocycles. The lowest BCUT2D eigenvalue weighted by Crippen LogP contribution is -2.37. The van der Waals surface area contributed by atoms with Crippen molar-refractivity contribution in [3.63, 3.8) is 0 Å². The van der Waals surface area contributed by atoms with Gasteiger partial charge in [0.2, 0.25) is 15.9 Å². The van der Waals surface area contributed by atoms with Crippen LogP contribution in [-0.2, 0) is 21.2 Å². The van der Waals surface area contributed by atoms with Crippen LogP contribution in [-0.4, -0.2) is 27.4 Å². The quantitative estimate of drug-likeness (QED) is 0.698. The van der Waals surface area contributed by atoms with Crippen molar-refractivity contribution in [1.29, 1.82) is 0 Å². The Morgan fingerprint density at radius 3 is 2.23 bits per heavy atom. The van der Waals surface area contributed by atoms with Crippen LogP contribution in [0.5, 0.6) is 0 Å². The van der Waals surface area contributed by atoms with Gasteiger partial charge in [-0.05, 0) is 50.3 Å². The van der Waals surface area contributed by atoms with Crippen molar-refractivity contribution in [2.75, 3.05) is 13.1 Å². The first-order chi connectivity index (χ1) is 12.3. The fourth-order valence-corrected chi connectivity index (χ4v) is 4.48.